The molecule has 1 aliphatic heterocycles. The van der Waals surface area contributed by atoms with E-state index in [2.05, 4.69) is 5.32 Å². The molecule has 1 unspecified atom stereocenters. The van der Waals surface area contributed by atoms with Crippen LogP contribution in [0.2, 0.25) is 0 Å². The fourth-order valence-electron chi connectivity index (χ4n) is 2.44. The van der Waals surface area contributed by atoms with E-state index < -0.39 is 0 Å². The first-order valence-electron chi connectivity index (χ1n) is 7.48. The van der Waals surface area contributed by atoms with Gasteiger partial charge in [-0.3, -0.25) is 9.59 Å². The van der Waals surface area contributed by atoms with Crippen LogP contribution >= 0.6 is 0 Å². The number of hydrogen-bond acceptors (Lipinski definition) is 3. The van der Waals surface area contributed by atoms with Crippen molar-refractivity contribution in [2.24, 2.45) is 0 Å². The zero-order chi connectivity index (χ0) is 15.9. The Hall–Kier alpha value is -2.14. The van der Waals surface area contributed by atoms with Crippen LogP contribution in [-0.2, 0) is 14.3 Å². The Labute approximate surface area is 130 Å². The van der Waals surface area contributed by atoms with Crippen molar-refractivity contribution in [3.05, 3.63) is 35.9 Å². The summed E-state index contributed by atoms with van der Waals surface area (Å²) in [6, 6.07) is 7.61. The summed E-state index contributed by atoms with van der Waals surface area (Å²) in [6.07, 6.45) is 4.80. The SMILES string of the molecule is COCC(C)NC(=O)/C=C/c1ccc(N2CCCC2=O)cc1. The smallest absolute Gasteiger partial charge is 0.244 e. The number of nitrogens with zero attached hydrogens (tertiary/aromatic N) is 1. The van der Waals surface area contributed by atoms with Crippen LogP contribution in [0.15, 0.2) is 30.3 Å². The van der Waals surface area contributed by atoms with Crippen LogP contribution in [0.3, 0.4) is 0 Å². The Morgan fingerprint density at radius 1 is 1.41 bits per heavy atom. The van der Waals surface area contributed by atoms with Crippen LogP contribution in [0.4, 0.5) is 5.69 Å². The number of anilines is 1. The summed E-state index contributed by atoms with van der Waals surface area (Å²) < 4.78 is 4.97. The Morgan fingerprint density at radius 2 is 2.14 bits per heavy atom. The average Bonchev–Trinajstić information content (AvgIpc) is 2.92. The highest BCUT2D eigenvalue weighted by molar-refractivity contribution is 5.95. The topological polar surface area (TPSA) is 58.6 Å². The van der Waals surface area contributed by atoms with Gasteiger partial charge in [0.25, 0.3) is 0 Å². The summed E-state index contributed by atoms with van der Waals surface area (Å²) >= 11 is 0. The Balaban J connectivity index is 1.92. The van der Waals surface area contributed by atoms with E-state index in [-0.39, 0.29) is 17.9 Å². The molecule has 22 heavy (non-hydrogen) atoms. The van der Waals surface area contributed by atoms with E-state index >= 15 is 0 Å². The molecular formula is C17H22N2O3. The molecule has 1 aliphatic rings. The Morgan fingerprint density at radius 3 is 2.73 bits per heavy atom. The van der Waals surface area contributed by atoms with Crippen molar-refractivity contribution in [3.8, 4) is 0 Å². The van der Waals surface area contributed by atoms with Gasteiger partial charge in [-0.05, 0) is 37.1 Å². The van der Waals surface area contributed by atoms with Crippen molar-refractivity contribution in [1.82, 2.24) is 5.32 Å². The van der Waals surface area contributed by atoms with Crippen molar-refractivity contribution >= 4 is 23.6 Å². The van der Waals surface area contributed by atoms with Gasteiger partial charge < -0.3 is 15.0 Å². The largest absolute Gasteiger partial charge is 0.383 e. The number of ether oxygens (including phenoxy) is 1. The van der Waals surface area contributed by atoms with Gasteiger partial charge in [-0.1, -0.05) is 12.1 Å². The first-order chi connectivity index (χ1) is 10.6. The molecule has 5 heteroatoms. The van der Waals surface area contributed by atoms with Gasteiger partial charge in [0.1, 0.15) is 0 Å². The number of methoxy groups -OCH3 is 1. The number of amides is 2. The molecule has 1 saturated heterocycles. The molecule has 1 aromatic rings. The first-order valence-corrected chi connectivity index (χ1v) is 7.48. The summed E-state index contributed by atoms with van der Waals surface area (Å²) in [5, 5.41) is 2.81. The van der Waals surface area contributed by atoms with Crippen molar-refractivity contribution in [1.29, 1.82) is 0 Å². The maximum atomic E-state index is 11.7. The van der Waals surface area contributed by atoms with E-state index in [9.17, 15) is 9.59 Å². The molecule has 1 fully saturated rings. The molecular weight excluding hydrogens is 280 g/mol. The predicted molar refractivity (Wildman–Crippen MR) is 86.5 cm³/mol. The number of nitrogens with one attached hydrogen (secondary N) is 1. The molecule has 0 spiro atoms. The molecule has 1 heterocycles. The van der Waals surface area contributed by atoms with Gasteiger partial charge in [-0.2, -0.15) is 0 Å². The fourth-order valence-corrected chi connectivity index (χ4v) is 2.44. The van der Waals surface area contributed by atoms with E-state index in [4.69, 9.17) is 4.74 Å². The quantitative estimate of drug-likeness (QED) is 0.817. The molecule has 1 atom stereocenters. The van der Waals surface area contributed by atoms with Crippen molar-refractivity contribution in [3.63, 3.8) is 0 Å². The summed E-state index contributed by atoms with van der Waals surface area (Å²) in [5.74, 6) is 0.0261. The van der Waals surface area contributed by atoms with Crippen molar-refractivity contribution < 1.29 is 14.3 Å². The zero-order valence-electron chi connectivity index (χ0n) is 13.0. The third-order valence-corrected chi connectivity index (χ3v) is 3.51. The number of benzene rings is 1. The molecule has 1 N–H and O–H groups in total. The molecule has 2 rings (SSSR count). The molecule has 0 saturated carbocycles. The third-order valence-electron chi connectivity index (χ3n) is 3.51. The van der Waals surface area contributed by atoms with Crippen LogP contribution in [0.1, 0.15) is 25.3 Å². The Bertz CT molecular complexity index is 552. The second-order valence-corrected chi connectivity index (χ2v) is 5.44. The molecule has 0 bridgehead atoms. The summed E-state index contributed by atoms with van der Waals surface area (Å²) in [4.78, 5) is 25.2. The standard InChI is InChI=1S/C17H22N2O3/c1-13(12-22-2)18-16(20)10-7-14-5-8-15(9-6-14)19-11-3-4-17(19)21/h5-10,13H,3-4,11-12H2,1-2H3,(H,18,20)/b10-7+. The van der Waals surface area contributed by atoms with Crippen LogP contribution < -0.4 is 10.2 Å². The molecule has 2 amide bonds. The predicted octanol–water partition coefficient (Wildman–Crippen LogP) is 1.98. The maximum absolute atomic E-state index is 11.7. The number of rotatable bonds is 6. The summed E-state index contributed by atoms with van der Waals surface area (Å²) in [7, 11) is 1.60. The van der Waals surface area contributed by atoms with Gasteiger partial charge in [0.05, 0.1) is 6.61 Å². The monoisotopic (exact) mass is 302 g/mol. The van der Waals surface area contributed by atoms with Gasteiger partial charge in [0.15, 0.2) is 0 Å². The average molecular weight is 302 g/mol. The Kier molecular flexibility index (Phi) is 5.72. The molecule has 5 nitrogen and oxygen atoms in total. The lowest BCUT2D eigenvalue weighted by atomic mass is 10.2. The molecule has 1 aromatic carbocycles. The molecule has 0 aliphatic carbocycles. The number of carbonyl (C=O) groups excluding carboxylic acids is 2. The summed E-state index contributed by atoms with van der Waals surface area (Å²) in [5.41, 5.74) is 1.84. The van der Waals surface area contributed by atoms with E-state index in [1.807, 2.05) is 31.2 Å². The van der Waals surface area contributed by atoms with E-state index in [1.54, 1.807) is 18.1 Å². The highest BCUT2D eigenvalue weighted by Crippen LogP contribution is 2.21. The van der Waals surface area contributed by atoms with E-state index in [0.717, 1.165) is 24.2 Å². The second kappa shape index (κ2) is 7.75. The minimum absolute atomic E-state index is 0.0225. The second-order valence-electron chi connectivity index (χ2n) is 5.44. The number of hydrogen-bond donors (Lipinski definition) is 1. The van der Waals surface area contributed by atoms with Gasteiger partial charge in [-0.15, -0.1) is 0 Å². The van der Waals surface area contributed by atoms with Crippen LogP contribution in [0.5, 0.6) is 0 Å². The van der Waals surface area contributed by atoms with Gasteiger partial charge in [-0.25, -0.2) is 0 Å². The van der Waals surface area contributed by atoms with E-state index in [1.165, 1.54) is 6.08 Å². The van der Waals surface area contributed by atoms with Crippen LogP contribution in [0, 0.1) is 0 Å². The van der Waals surface area contributed by atoms with Crippen molar-refractivity contribution in [2.75, 3.05) is 25.2 Å². The van der Waals surface area contributed by atoms with E-state index in [0.29, 0.717) is 13.0 Å². The highest BCUT2D eigenvalue weighted by Gasteiger charge is 2.21. The van der Waals surface area contributed by atoms with Crippen molar-refractivity contribution in [2.45, 2.75) is 25.8 Å². The van der Waals surface area contributed by atoms with Gasteiger partial charge >= 0.3 is 0 Å². The zero-order valence-corrected chi connectivity index (χ0v) is 13.0. The van der Waals surface area contributed by atoms with Gasteiger partial charge in [0, 0.05) is 37.9 Å². The first kappa shape index (κ1) is 16.2. The number of carbonyl (C=O) groups is 2. The normalized spacial score (nSPS) is 16.3. The molecule has 0 radical (unpaired) electrons. The minimum Gasteiger partial charge on any atom is -0.383 e. The highest BCUT2D eigenvalue weighted by atomic mass is 16.5. The molecule has 0 aromatic heterocycles. The fraction of sp³-hybridized carbons (Fsp3) is 0.412. The minimum atomic E-state index is -0.150. The van der Waals surface area contributed by atoms with Gasteiger partial charge in [0.2, 0.25) is 11.8 Å². The lowest BCUT2D eigenvalue weighted by Crippen LogP contribution is -2.34. The lowest BCUT2D eigenvalue weighted by molar-refractivity contribution is -0.118. The lowest BCUT2D eigenvalue weighted by Gasteiger charge is -2.15. The summed E-state index contributed by atoms with van der Waals surface area (Å²) in [6.45, 7) is 3.16. The van der Waals surface area contributed by atoms with Crippen LogP contribution in [0.25, 0.3) is 6.08 Å². The third kappa shape index (κ3) is 4.43. The maximum Gasteiger partial charge on any atom is 0.244 e. The molecule has 118 valence electrons. The van der Waals surface area contributed by atoms with Crippen LogP contribution in [-0.4, -0.2) is 38.1 Å².